The van der Waals surface area contributed by atoms with Crippen LogP contribution in [0.1, 0.15) is 11.1 Å². The van der Waals surface area contributed by atoms with Gasteiger partial charge in [-0.1, -0.05) is 170 Å². The molecule has 0 aromatic heterocycles. The first-order valence-electron chi connectivity index (χ1n) is 20.8. The number of hydrogen-bond donors (Lipinski definition) is 2. The van der Waals surface area contributed by atoms with Gasteiger partial charge in [0.25, 0.3) is 0 Å². The van der Waals surface area contributed by atoms with E-state index in [-0.39, 0.29) is 13.2 Å². The Balaban J connectivity index is 1.21. The van der Waals surface area contributed by atoms with Crippen LogP contribution in [-0.4, -0.2) is 10.2 Å². The Kier molecular flexibility index (Phi) is 10.6. The zero-order valence-corrected chi connectivity index (χ0v) is 33.9. The molecule has 0 radical (unpaired) electrons. The maximum absolute atomic E-state index is 10.4. The molecule has 0 aliphatic carbocycles. The highest BCUT2D eigenvalue weighted by molar-refractivity contribution is 6.11. The minimum absolute atomic E-state index is 0.0948. The second-order valence-corrected chi connectivity index (χ2v) is 15.4. The van der Waals surface area contributed by atoms with Crippen molar-refractivity contribution in [2.75, 3.05) is 0 Å². The fourth-order valence-corrected chi connectivity index (χ4v) is 8.47. The van der Waals surface area contributed by atoms with Crippen LogP contribution < -0.4 is 9.47 Å². The second-order valence-electron chi connectivity index (χ2n) is 15.4. The average molecular weight is 803 g/mol. The van der Waals surface area contributed by atoms with Crippen LogP contribution in [0.2, 0.25) is 0 Å². The summed E-state index contributed by atoms with van der Waals surface area (Å²) >= 11 is 0. The number of fused-ring (bicyclic) bond motifs is 2. The van der Waals surface area contributed by atoms with Crippen LogP contribution in [0.5, 0.6) is 23.0 Å². The summed E-state index contributed by atoms with van der Waals surface area (Å²) in [6, 6.07) is 74.3. The highest BCUT2D eigenvalue weighted by atomic mass is 16.5. The summed E-state index contributed by atoms with van der Waals surface area (Å²) in [5, 5.41) is 24.8. The van der Waals surface area contributed by atoms with E-state index in [0.717, 1.165) is 88.3 Å². The van der Waals surface area contributed by atoms with Gasteiger partial charge < -0.3 is 19.7 Å². The SMILES string of the molecule is OCc1ccc(Oc2ccc3cc(-c4ccccc4)ccc3c2-c2c(Oc3ccc(CO)c(-c4ccccc4)c3)ccc3cc(-c4ccccc4)ccc23)cc1-c1ccccc1. The van der Waals surface area contributed by atoms with E-state index in [9.17, 15) is 10.2 Å². The summed E-state index contributed by atoms with van der Waals surface area (Å²) in [5.74, 6) is 2.60. The van der Waals surface area contributed by atoms with E-state index in [1.165, 1.54) is 0 Å². The van der Waals surface area contributed by atoms with E-state index in [1.807, 2.05) is 109 Å². The van der Waals surface area contributed by atoms with Gasteiger partial charge in [-0.25, -0.2) is 0 Å². The lowest BCUT2D eigenvalue weighted by Gasteiger charge is -2.21. The topological polar surface area (TPSA) is 58.9 Å². The Bertz CT molecular complexity index is 2960. The van der Waals surface area contributed by atoms with Crippen LogP contribution in [0.3, 0.4) is 0 Å². The maximum atomic E-state index is 10.4. The highest BCUT2D eigenvalue weighted by Crippen LogP contribution is 2.49. The third kappa shape index (κ3) is 7.61. The van der Waals surface area contributed by atoms with Crippen molar-refractivity contribution in [1.82, 2.24) is 0 Å². The summed E-state index contributed by atoms with van der Waals surface area (Å²) in [7, 11) is 0. The lowest BCUT2D eigenvalue weighted by atomic mass is 9.90. The lowest BCUT2D eigenvalue weighted by molar-refractivity contribution is 0.282. The predicted octanol–water partition coefficient (Wildman–Crippen LogP) is 14.9. The Labute approximate surface area is 361 Å². The number of hydrogen-bond acceptors (Lipinski definition) is 4. The molecular weight excluding hydrogens is 761 g/mol. The minimum atomic E-state index is -0.0948. The Hall–Kier alpha value is -7.76. The van der Waals surface area contributed by atoms with Gasteiger partial charge in [0, 0.05) is 11.1 Å². The molecule has 0 aliphatic rings. The van der Waals surface area contributed by atoms with Crippen molar-refractivity contribution < 1.29 is 19.7 Å². The molecule has 10 rings (SSSR count). The summed E-state index contributed by atoms with van der Waals surface area (Å²) in [6.45, 7) is -0.190. The van der Waals surface area contributed by atoms with Gasteiger partial charge in [-0.15, -0.1) is 0 Å². The van der Waals surface area contributed by atoms with Crippen molar-refractivity contribution in [2.24, 2.45) is 0 Å². The van der Waals surface area contributed by atoms with Gasteiger partial charge in [0.15, 0.2) is 0 Å². The lowest BCUT2D eigenvalue weighted by Crippen LogP contribution is -1.97. The third-order valence-corrected chi connectivity index (χ3v) is 11.6. The molecule has 0 saturated heterocycles. The van der Waals surface area contributed by atoms with Gasteiger partial charge in [0.05, 0.1) is 13.2 Å². The largest absolute Gasteiger partial charge is 0.457 e. The smallest absolute Gasteiger partial charge is 0.136 e. The van der Waals surface area contributed by atoms with Crippen molar-refractivity contribution in [2.45, 2.75) is 13.2 Å². The molecule has 0 saturated carbocycles. The van der Waals surface area contributed by atoms with E-state index in [4.69, 9.17) is 9.47 Å². The van der Waals surface area contributed by atoms with Crippen LogP contribution in [-0.2, 0) is 13.2 Å². The normalized spacial score (nSPS) is 11.2. The van der Waals surface area contributed by atoms with E-state index < -0.39 is 0 Å². The van der Waals surface area contributed by atoms with Crippen molar-refractivity contribution in [3.8, 4) is 78.6 Å². The number of rotatable bonds is 11. The van der Waals surface area contributed by atoms with Gasteiger partial charge in [-0.05, 0) is 126 Å². The quantitative estimate of drug-likeness (QED) is 0.137. The minimum Gasteiger partial charge on any atom is -0.457 e. The fourth-order valence-electron chi connectivity index (χ4n) is 8.47. The monoisotopic (exact) mass is 802 g/mol. The molecular formula is C58H42O4. The van der Waals surface area contributed by atoms with Crippen molar-refractivity contribution >= 4 is 21.5 Å². The van der Waals surface area contributed by atoms with E-state index >= 15 is 0 Å². The van der Waals surface area contributed by atoms with Crippen molar-refractivity contribution in [1.29, 1.82) is 0 Å². The van der Waals surface area contributed by atoms with Gasteiger partial charge in [0.1, 0.15) is 23.0 Å². The summed E-state index contributed by atoms with van der Waals surface area (Å²) < 4.78 is 14.1. The Morgan fingerprint density at radius 3 is 1.05 bits per heavy atom. The van der Waals surface area contributed by atoms with Gasteiger partial charge in [0.2, 0.25) is 0 Å². The number of benzene rings is 10. The van der Waals surface area contributed by atoms with Crippen LogP contribution in [0.15, 0.2) is 218 Å². The average Bonchev–Trinajstić information content (AvgIpc) is 3.35. The van der Waals surface area contributed by atoms with Gasteiger partial charge >= 0.3 is 0 Å². The summed E-state index contributed by atoms with van der Waals surface area (Å²) in [6.07, 6.45) is 0. The molecule has 10 aromatic rings. The van der Waals surface area contributed by atoms with Crippen molar-refractivity contribution in [3.63, 3.8) is 0 Å². The first-order valence-corrected chi connectivity index (χ1v) is 20.8. The van der Waals surface area contributed by atoms with Crippen LogP contribution in [0, 0.1) is 0 Å². The fraction of sp³-hybridized carbons (Fsp3) is 0.0345. The summed E-state index contributed by atoms with van der Waals surface area (Å²) in [5.41, 5.74) is 11.7. The molecule has 4 heteroatoms. The third-order valence-electron chi connectivity index (χ3n) is 11.6. The molecule has 62 heavy (non-hydrogen) atoms. The molecule has 2 N–H and O–H groups in total. The molecule has 10 aromatic carbocycles. The predicted molar refractivity (Wildman–Crippen MR) is 254 cm³/mol. The standard InChI is InChI=1S/C58H42O4/c59-37-47-21-27-49(35-53(47)41-17-9-3-10-18-41)61-55-31-25-45-33-43(39-13-5-1-6-14-39)23-29-51(45)57(55)58-52-30-24-44(40-15-7-2-8-16-40)34-46(52)26-32-56(58)62-50-28-22-48(38-60)54(36-50)42-19-11-4-12-20-42/h1-36,59-60H,37-38H2. The first-order chi connectivity index (χ1) is 30.6. The van der Waals surface area contributed by atoms with E-state index in [0.29, 0.717) is 23.0 Å². The molecule has 0 unspecified atom stereocenters. The first kappa shape index (κ1) is 38.4. The molecule has 4 nitrogen and oxygen atoms in total. The van der Waals surface area contributed by atoms with E-state index in [1.54, 1.807) is 0 Å². The summed E-state index contributed by atoms with van der Waals surface area (Å²) in [4.78, 5) is 0. The Morgan fingerprint density at radius 2 is 0.677 bits per heavy atom. The number of ether oxygens (including phenoxy) is 2. The molecule has 298 valence electrons. The van der Waals surface area contributed by atoms with Gasteiger partial charge in [-0.2, -0.15) is 0 Å². The van der Waals surface area contributed by atoms with Crippen LogP contribution >= 0.6 is 0 Å². The van der Waals surface area contributed by atoms with Crippen LogP contribution in [0.4, 0.5) is 0 Å². The second kappa shape index (κ2) is 17.1. The molecule has 0 atom stereocenters. The molecule has 0 fully saturated rings. The zero-order chi connectivity index (χ0) is 41.8. The number of aliphatic hydroxyl groups excluding tert-OH is 2. The molecule has 0 amide bonds. The molecule has 0 spiro atoms. The molecule has 0 bridgehead atoms. The Morgan fingerprint density at radius 1 is 0.306 bits per heavy atom. The van der Waals surface area contributed by atoms with E-state index in [2.05, 4.69) is 109 Å². The van der Waals surface area contributed by atoms with Crippen molar-refractivity contribution in [3.05, 3.63) is 230 Å². The maximum Gasteiger partial charge on any atom is 0.136 e. The highest BCUT2D eigenvalue weighted by Gasteiger charge is 2.22. The van der Waals surface area contributed by atoms with Gasteiger partial charge in [-0.3, -0.25) is 0 Å². The number of aliphatic hydroxyl groups is 2. The van der Waals surface area contributed by atoms with Crippen LogP contribution in [0.25, 0.3) is 77.2 Å². The molecule has 0 heterocycles. The molecule has 0 aliphatic heterocycles. The zero-order valence-electron chi connectivity index (χ0n) is 33.9.